The average molecular weight is 2110 g/mol. The SMILES string of the molecule is C=C(C)C(=O)OCCCC[Si](C)(C)O[Si](C)(C)CCCCOC(=O)C(=C)C.C=C(C)C(=O)OCCCC[Si](C)(C)O[Si](C)(C)O[Si](C)(CCCOC(C(F)(F)F)C(F)(F)F)O[Si](C)(C)CCCCOC(=O)C(=C)C.C[Si]1(C)O[Si](C)(C)O[Si](C)(C)O[Si](C)(C)O1.C[Si]1(C)O[Si](C)(C)O[Si](C)(CCCOC(C(F)(F)F)C(F)(F)F)O[Si](C)(C)O1.O=S(=O)(O)C(F)(F)F. The Morgan fingerprint density at radius 1 is 0.325 bits per heavy atom. The number of hydrogen-bond donors (Lipinski definition) is 1. The Bertz CT molecular complexity index is 3370. The van der Waals surface area contributed by atoms with E-state index in [4.69, 9.17) is 81.3 Å². The van der Waals surface area contributed by atoms with E-state index < -0.39 is 197 Å². The summed E-state index contributed by atoms with van der Waals surface area (Å²) in [7, 11) is -39.4. The maximum atomic E-state index is 13.0. The van der Waals surface area contributed by atoms with Crippen LogP contribution in [0.3, 0.4) is 0 Å². The van der Waals surface area contributed by atoms with Gasteiger partial charge in [-0.3, -0.25) is 4.55 Å². The molecule has 126 heavy (non-hydrogen) atoms. The molecule has 746 valence electrons. The number of halogens is 15. The molecule has 1 unspecified atom stereocenters. The predicted molar refractivity (Wildman–Crippen MR) is 485 cm³/mol. The Morgan fingerprint density at radius 3 is 0.762 bits per heavy atom. The third-order valence-corrected chi connectivity index (χ3v) is 73.1. The molecule has 1 atom stereocenters. The van der Waals surface area contributed by atoms with Crippen molar-refractivity contribution < 1.29 is 176 Å². The third-order valence-electron chi connectivity index (χ3n) is 16.5. The van der Waals surface area contributed by atoms with Gasteiger partial charge < -0.3 is 77.8 Å². The normalized spacial score (nSPS) is 18.3. The second kappa shape index (κ2) is 51.9. The zero-order valence-electron chi connectivity index (χ0n) is 79.4. The Balaban J connectivity index is -0.00000164. The van der Waals surface area contributed by atoms with E-state index >= 15 is 0 Å². The molecule has 0 saturated carbocycles. The number of hydrogen-bond acceptors (Lipinski definition) is 24. The Kier molecular flexibility index (Phi) is 52.9. The van der Waals surface area contributed by atoms with Gasteiger partial charge in [0, 0.05) is 35.5 Å². The lowest BCUT2D eigenvalue weighted by Gasteiger charge is -2.47. The summed E-state index contributed by atoms with van der Waals surface area (Å²) in [4.78, 5) is 45.9. The van der Waals surface area contributed by atoms with Crippen molar-refractivity contribution in [2.24, 2.45) is 0 Å². The van der Waals surface area contributed by atoms with E-state index in [1.165, 1.54) is 0 Å². The Morgan fingerprint density at radius 2 is 0.540 bits per heavy atom. The van der Waals surface area contributed by atoms with E-state index in [-0.39, 0.29) is 50.1 Å². The molecule has 0 aromatic rings. The van der Waals surface area contributed by atoms with Gasteiger partial charge in [-0.05, 0) is 273 Å². The minimum atomic E-state index is -5.84. The van der Waals surface area contributed by atoms with Crippen LogP contribution in [0, 0.1) is 0 Å². The molecule has 0 aliphatic carbocycles. The van der Waals surface area contributed by atoms with Gasteiger partial charge in [0.25, 0.3) is 0 Å². The summed E-state index contributed by atoms with van der Waals surface area (Å²) in [5, 5.41) is 0. The minimum absolute atomic E-state index is 0.0683. The van der Waals surface area contributed by atoms with Gasteiger partial charge in [-0.2, -0.15) is 74.3 Å². The van der Waals surface area contributed by atoms with Crippen molar-refractivity contribution >= 4 is 153 Å². The molecule has 25 nitrogen and oxygen atoms in total. The molecule has 2 fully saturated rings. The van der Waals surface area contributed by atoms with Crippen molar-refractivity contribution in [2.75, 3.05) is 39.6 Å². The summed E-state index contributed by atoms with van der Waals surface area (Å²) in [6.07, 6.45) is -23.7. The van der Waals surface area contributed by atoms with Crippen LogP contribution in [-0.2, 0) is 107 Å². The van der Waals surface area contributed by atoms with Gasteiger partial charge >= 0.3 is 150 Å². The fourth-order valence-corrected chi connectivity index (χ4v) is 85.0. The monoisotopic (exact) mass is 2110 g/mol. The predicted octanol–water partition coefficient (Wildman–Crippen LogP) is 22.5. The highest BCUT2D eigenvalue weighted by Crippen LogP contribution is 2.41. The number of alkyl halides is 15. The third kappa shape index (κ3) is 61.2. The lowest BCUT2D eigenvalue weighted by molar-refractivity contribution is -0.322. The largest absolute Gasteiger partial charge is 0.522 e. The molecule has 0 aromatic carbocycles. The summed E-state index contributed by atoms with van der Waals surface area (Å²) in [5.41, 5.74) is -4.03. The van der Waals surface area contributed by atoms with E-state index in [9.17, 15) is 85.0 Å². The fraction of sp³-hybridized carbons (Fsp3) is 0.831. The number of rotatable bonds is 42. The van der Waals surface area contributed by atoms with Crippen LogP contribution in [0.4, 0.5) is 65.9 Å². The second-order valence-electron chi connectivity index (χ2n) is 37.0. The molecule has 2 rings (SSSR count). The first-order valence-electron chi connectivity index (χ1n) is 41.0. The molecule has 2 saturated heterocycles. The number of unbranched alkanes of at least 4 members (excludes halogenated alkanes) is 4. The number of ether oxygens (including phenoxy) is 6. The Labute approximate surface area is 753 Å². The first kappa shape index (κ1) is 128. The zero-order chi connectivity index (χ0) is 100. The molecule has 0 bridgehead atoms. The van der Waals surface area contributed by atoms with Gasteiger partial charge in [-0.15, -0.1) is 0 Å². The topological polar surface area (TPSA) is 289 Å². The van der Waals surface area contributed by atoms with Crippen molar-refractivity contribution in [3.05, 3.63) is 48.6 Å². The average Bonchev–Trinajstić information content (AvgIpc) is 0.799. The molecule has 0 aromatic heterocycles. The highest BCUT2D eigenvalue weighted by Gasteiger charge is 2.60. The molecular formula is C71H145F15O25SSi14. The molecule has 2 heterocycles. The molecular weight excluding hydrogens is 1960 g/mol. The van der Waals surface area contributed by atoms with Crippen LogP contribution in [0.1, 0.15) is 91.9 Å². The van der Waals surface area contributed by atoms with Gasteiger partial charge in [-0.1, -0.05) is 52.0 Å². The summed E-state index contributed by atoms with van der Waals surface area (Å²) in [6.45, 7) is 72.4. The van der Waals surface area contributed by atoms with Crippen molar-refractivity contribution in [1.29, 1.82) is 0 Å². The van der Waals surface area contributed by atoms with E-state index in [0.717, 1.165) is 50.2 Å². The summed E-state index contributed by atoms with van der Waals surface area (Å²) in [5.74, 6) is -1.55. The standard InChI is InChI=1S/C29H54F6O8Si4.C20H38O5Si2.C13H28F6O5Si4.C8H24O4Si4.CHF3O3S/c1-23(2)25(36)38-17-12-14-20-44(5,6)41-46(9,10)43-47(11,22-16-19-40-27(28(30,31)32)29(33,34)35)42-45(7,8)21-15-13-18-39-26(37)24(3)4;1-17(2)19(21)23-13-9-11-15-26(5,6)25-27(7,8)16-12-10-14-24-20(22)18(3)4;1-25(2)21-26(3,4)23-28(7,24-27(5,6)22-25)10-8-9-20-11(12(14,15)16)13(17,18)19;1-13(2)9-14(3,4)11-16(7,8)12-15(5,6)10-13;2-1(3,4)8(5,6)7/h27H,1,3,12-22H2,2,4-11H3;1,3,9-16H2,2,4-8H3;11H,8-10H2,1-7H3;1-8H3;(H,5,6,7). The van der Waals surface area contributed by atoms with Gasteiger partial charge in [0.1, 0.15) is 0 Å². The lowest BCUT2D eigenvalue weighted by Crippen LogP contribution is -2.65. The second-order valence-corrected chi connectivity index (χ2v) is 92.2. The van der Waals surface area contributed by atoms with Crippen molar-refractivity contribution in [3.63, 3.8) is 0 Å². The van der Waals surface area contributed by atoms with Crippen molar-refractivity contribution in [1.82, 2.24) is 0 Å². The van der Waals surface area contributed by atoms with Gasteiger partial charge in [0.2, 0.25) is 12.2 Å². The quantitative estimate of drug-likeness (QED) is 0.00868. The summed E-state index contributed by atoms with van der Waals surface area (Å²) in [6, 6.07) is 3.78. The smallest absolute Gasteiger partial charge is 0.462 e. The van der Waals surface area contributed by atoms with Crippen LogP contribution in [-0.4, -0.2) is 238 Å². The Hall–Kier alpha value is -1.82. The molecule has 2 aliphatic heterocycles. The number of esters is 4. The van der Waals surface area contributed by atoms with E-state index in [1.807, 2.05) is 78.6 Å². The first-order chi connectivity index (χ1) is 55.7. The number of carbonyl (C=O) groups excluding carboxylic acids is 4. The van der Waals surface area contributed by atoms with Crippen LogP contribution in [0.5, 0.6) is 0 Å². The fourth-order valence-electron chi connectivity index (χ4n) is 13.4. The van der Waals surface area contributed by atoms with E-state index in [2.05, 4.69) is 114 Å². The van der Waals surface area contributed by atoms with E-state index in [1.54, 1.807) is 40.8 Å². The molecule has 55 heteroatoms. The minimum Gasteiger partial charge on any atom is -0.462 e. The van der Waals surface area contributed by atoms with Crippen LogP contribution >= 0.6 is 0 Å². The van der Waals surface area contributed by atoms with Crippen molar-refractivity contribution in [3.8, 4) is 0 Å². The van der Waals surface area contributed by atoms with E-state index in [0.29, 0.717) is 60.8 Å². The van der Waals surface area contributed by atoms with Crippen LogP contribution < -0.4 is 0 Å². The maximum Gasteiger partial charge on any atom is 0.522 e. The summed E-state index contributed by atoms with van der Waals surface area (Å²) >= 11 is 0. The number of carbonyl (C=O) groups is 4. The lowest BCUT2D eigenvalue weighted by atomic mass is 10.3. The van der Waals surface area contributed by atoms with Gasteiger partial charge in [0.15, 0.2) is 33.3 Å². The molecule has 0 radical (unpaired) electrons. The molecule has 0 spiro atoms. The molecule has 1 N–H and O–H groups in total. The highest BCUT2D eigenvalue weighted by molar-refractivity contribution is 7.86. The maximum absolute atomic E-state index is 13.0. The van der Waals surface area contributed by atoms with Crippen LogP contribution in [0.2, 0.25) is 206 Å². The molecule has 0 amide bonds. The van der Waals surface area contributed by atoms with Crippen molar-refractivity contribution in [2.45, 2.75) is 341 Å². The van der Waals surface area contributed by atoms with Crippen LogP contribution in [0.15, 0.2) is 48.6 Å². The van der Waals surface area contributed by atoms with Crippen LogP contribution in [0.25, 0.3) is 0 Å². The first-order valence-corrected chi connectivity index (χ1v) is 82.5. The zero-order valence-corrected chi connectivity index (χ0v) is 94.2. The highest BCUT2D eigenvalue weighted by atomic mass is 32.2. The molecule has 2 aliphatic rings. The van der Waals surface area contributed by atoms with Gasteiger partial charge in [0.05, 0.1) is 26.4 Å². The van der Waals surface area contributed by atoms with Gasteiger partial charge in [-0.25, -0.2) is 19.2 Å². The summed E-state index contributed by atoms with van der Waals surface area (Å²) < 4.78 is 316.